The number of thioether (sulfide) groups is 1. The van der Waals surface area contributed by atoms with Crippen LogP contribution in [0.25, 0.3) is 10.9 Å². The molecule has 1 unspecified atom stereocenters. The molecule has 17 heavy (non-hydrogen) atoms. The zero-order valence-electron chi connectivity index (χ0n) is 9.37. The smallest absolute Gasteiger partial charge is 0.148 e. The molecule has 0 N–H and O–H groups in total. The van der Waals surface area contributed by atoms with Crippen LogP contribution in [0.4, 0.5) is 0 Å². The topological polar surface area (TPSA) is 22.1 Å². The highest BCUT2D eigenvalue weighted by atomic mass is 32.2. The lowest BCUT2D eigenvalue weighted by molar-refractivity contribution is 0.200. The number of para-hydroxylation sites is 1. The molecule has 86 valence electrons. The molecule has 0 saturated heterocycles. The second kappa shape index (κ2) is 4.80. The Kier molecular flexibility index (Phi) is 3.01. The lowest BCUT2D eigenvalue weighted by Crippen LogP contribution is -2.07. The average molecular weight is 243 g/mol. The lowest BCUT2D eigenvalue weighted by Gasteiger charge is -2.19. The van der Waals surface area contributed by atoms with E-state index in [0.717, 1.165) is 18.4 Å². The number of ether oxygens (including phenoxy) is 1. The summed E-state index contributed by atoms with van der Waals surface area (Å²) in [6.07, 6.45) is 7.87. The van der Waals surface area contributed by atoms with E-state index in [-0.39, 0.29) is 5.44 Å². The zero-order valence-corrected chi connectivity index (χ0v) is 10.2. The van der Waals surface area contributed by atoms with Crippen LogP contribution in [0.2, 0.25) is 0 Å². The Labute approximate surface area is 105 Å². The fourth-order valence-corrected chi connectivity index (χ4v) is 3.01. The van der Waals surface area contributed by atoms with E-state index < -0.39 is 0 Å². The van der Waals surface area contributed by atoms with Crippen LogP contribution in [0, 0.1) is 0 Å². The second-order valence-corrected chi connectivity index (χ2v) is 5.17. The lowest BCUT2D eigenvalue weighted by atomic mass is 10.2. The van der Waals surface area contributed by atoms with Crippen LogP contribution in [0.5, 0.6) is 0 Å². The van der Waals surface area contributed by atoms with Gasteiger partial charge in [0.2, 0.25) is 0 Å². The number of nitrogens with zero attached hydrogens (tertiary/aromatic N) is 1. The minimum Gasteiger partial charge on any atom is -0.487 e. The second-order valence-electron chi connectivity index (χ2n) is 3.96. The quantitative estimate of drug-likeness (QED) is 0.796. The van der Waals surface area contributed by atoms with E-state index in [1.54, 1.807) is 18.0 Å². The molecule has 3 rings (SSSR count). The average Bonchev–Trinajstić information content (AvgIpc) is 2.40. The first kappa shape index (κ1) is 10.7. The Morgan fingerprint density at radius 2 is 2.18 bits per heavy atom. The van der Waals surface area contributed by atoms with Crippen LogP contribution < -0.4 is 0 Å². The summed E-state index contributed by atoms with van der Waals surface area (Å²) in [7, 11) is 0. The van der Waals surface area contributed by atoms with E-state index in [9.17, 15) is 0 Å². The first-order valence-corrected chi connectivity index (χ1v) is 6.62. The van der Waals surface area contributed by atoms with E-state index in [2.05, 4.69) is 35.3 Å². The third-order valence-electron chi connectivity index (χ3n) is 2.75. The van der Waals surface area contributed by atoms with Crippen LogP contribution >= 0.6 is 11.8 Å². The van der Waals surface area contributed by atoms with Gasteiger partial charge in [0.25, 0.3) is 0 Å². The Morgan fingerprint density at radius 1 is 1.24 bits per heavy atom. The fourth-order valence-electron chi connectivity index (χ4n) is 1.91. The Balaban J connectivity index is 1.92. The van der Waals surface area contributed by atoms with Crippen molar-refractivity contribution in [1.29, 1.82) is 0 Å². The van der Waals surface area contributed by atoms with Gasteiger partial charge in [0.1, 0.15) is 5.44 Å². The highest BCUT2D eigenvalue weighted by molar-refractivity contribution is 8.00. The van der Waals surface area contributed by atoms with E-state index in [4.69, 9.17) is 4.74 Å². The standard InChI is InChI=1S/C14H13NOS/c1-2-10-16-13(8-1)17-12-7-3-5-11-6-4-9-15-14(11)12/h2-7,9-10,13H,1,8H2. The van der Waals surface area contributed by atoms with Gasteiger partial charge in [-0.05, 0) is 31.1 Å². The highest BCUT2D eigenvalue weighted by Crippen LogP contribution is 2.33. The molecule has 0 spiro atoms. The summed E-state index contributed by atoms with van der Waals surface area (Å²) >= 11 is 1.76. The highest BCUT2D eigenvalue weighted by Gasteiger charge is 2.14. The minimum atomic E-state index is 0.215. The molecule has 0 radical (unpaired) electrons. The van der Waals surface area contributed by atoms with Gasteiger partial charge in [0.05, 0.1) is 11.8 Å². The van der Waals surface area contributed by atoms with Crippen LogP contribution in [0.1, 0.15) is 12.8 Å². The number of fused-ring (bicyclic) bond motifs is 1. The van der Waals surface area contributed by atoms with Crippen molar-refractivity contribution in [1.82, 2.24) is 4.98 Å². The van der Waals surface area contributed by atoms with Crippen molar-refractivity contribution in [3.8, 4) is 0 Å². The Hall–Kier alpha value is -1.48. The van der Waals surface area contributed by atoms with Crippen molar-refractivity contribution in [2.24, 2.45) is 0 Å². The van der Waals surface area contributed by atoms with E-state index in [1.165, 1.54) is 10.3 Å². The molecule has 0 aliphatic carbocycles. The van der Waals surface area contributed by atoms with Gasteiger partial charge in [-0.25, -0.2) is 0 Å². The van der Waals surface area contributed by atoms with Gasteiger partial charge >= 0.3 is 0 Å². The zero-order chi connectivity index (χ0) is 11.5. The summed E-state index contributed by atoms with van der Waals surface area (Å²) < 4.78 is 5.59. The van der Waals surface area contributed by atoms with Crippen molar-refractivity contribution >= 4 is 22.7 Å². The molecule has 1 aromatic carbocycles. The molecule has 1 aliphatic rings. The molecule has 0 fully saturated rings. The normalized spacial score (nSPS) is 19.2. The van der Waals surface area contributed by atoms with Gasteiger partial charge in [0, 0.05) is 16.5 Å². The number of benzene rings is 1. The van der Waals surface area contributed by atoms with Gasteiger partial charge < -0.3 is 4.74 Å². The number of allylic oxidation sites excluding steroid dienone is 1. The number of pyridine rings is 1. The Bertz CT molecular complexity index is 547. The van der Waals surface area contributed by atoms with Gasteiger partial charge in [-0.1, -0.05) is 30.0 Å². The third kappa shape index (κ3) is 2.29. The van der Waals surface area contributed by atoms with Crippen molar-refractivity contribution in [2.75, 3.05) is 0 Å². The predicted octanol–water partition coefficient (Wildman–Crippen LogP) is 3.98. The maximum absolute atomic E-state index is 5.59. The van der Waals surface area contributed by atoms with Gasteiger partial charge in [-0.15, -0.1) is 0 Å². The predicted molar refractivity (Wildman–Crippen MR) is 70.8 cm³/mol. The summed E-state index contributed by atoms with van der Waals surface area (Å²) in [6, 6.07) is 10.3. The van der Waals surface area contributed by atoms with E-state index in [0.29, 0.717) is 0 Å². The maximum Gasteiger partial charge on any atom is 0.148 e. The number of aromatic nitrogens is 1. The Morgan fingerprint density at radius 3 is 3.06 bits per heavy atom. The summed E-state index contributed by atoms with van der Waals surface area (Å²) in [5.41, 5.74) is 1.28. The summed E-state index contributed by atoms with van der Waals surface area (Å²) in [6.45, 7) is 0. The van der Waals surface area contributed by atoms with Crippen molar-refractivity contribution in [3.05, 3.63) is 48.9 Å². The first-order valence-electron chi connectivity index (χ1n) is 5.74. The van der Waals surface area contributed by atoms with Crippen LogP contribution in [0.15, 0.2) is 53.8 Å². The van der Waals surface area contributed by atoms with E-state index in [1.807, 2.05) is 12.3 Å². The van der Waals surface area contributed by atoms with Crippen LogP contribution in [0.3, 0.4) is 0 Å². The number of hydrogen-bond acceptors (Lipinski definition) is 3. The molecule has 1 atom stereocenters. The molecule has 1 aromatic heterocycles. The molecular weight excluding hydrogens is 230 g/mol. The van der Waals surface area contributed by atoms with E-state index >= 15 is 0 Å². The molecular formula is C14H13NOS. The molecule has 2 heterocycles. The minimum absolute atomic E-state index is 0.215. The molecule has 0 saturated carbocycles. The molecule has 0 bridgehead atoms. The van der Waals surface area contributed by atoms with Crippen LogP contribution in [-0.2, 0) is 4.74 Å². The van der Waals surface area contributed by atoms with Crippen molar-refractivity contribution < 1.29 is 4.74 Å². The van der Waals surface area contributed by atoms with Gasteiger partial charge in [-0.2, -0.15) is 0 Å². The first-order chi connectivity index (χ1) is 8.43. The molecule has 0 amide bonds. The maximum atomic E-state index is 5.59. The summed E-state index contributed by atoms with van der Waals surface area (Å²) in [5, 5.41) is 1.18. The largest absolute Gasteiger partial charge is 0.487 e. The summed E-state index contributed by atoms with van der Waals surface area (Å²) in [4.78, 5) is 5.65. The molecule has 3 heteroatoms. The summed E-state index contributed by atoms with van der Waals surface area (Å²) in [5.74, 6) is 0. The fraction of sp³-hybridized carbons (Fsp3) is 0.214. The number of hydrogen-bond donors (Lipinski definition) is 0. The van der Waals surface area contributed by atoms with Gasteiger partial charge in [-0.3, -0.25) is 4.98 Å². The molecule has 2 aromatic rings. The molecule has 1 aliphatic heterocycles. The monoisotopic (exact) mass is 243 g/mol. The van der Waals surface area contributed by atoms with Crippen LogP contribution in [-0.4, -0.2) is 10.4 Å². The molecule has 2 nitrogen and oxygen atoms in total. The third-order valence-corrected chi connectivity index (χ3v) is 3.94. The SMILES string of the molecule is C1=COC(Sc2cccc3cccnc23)CC1. The number of rotatable bonds is 2. The van der Waals surface area contributed by atoms with Crippen molar-refractivity contribution in [3.63, 3.8) is 0 Å². The van der Waals surface area contributed by atoms with Crippen molar-refractivity contribution in [2.45, 2.75) is 23.2 Å². The van der Waals surface area contributed by atoms with Gasteiger partial charge in [0.15, 0.2) is 0 Å².